The van der Waals surface area contributed by atoms with Gasteiger partial charge < -0.3 is 0 Å². The number of thioether (sulfide) groups is 1. The first-order valence-corrected chi connectivity index (χ1v) is 9.80. The lowest BCUT2D eigenvalue weighted by Gasteiger charge is -2.08. The molecule has 0 amide bonds. The van der Waals surface area contributed by atoms with Crippen molar-refractivity contribution in [2.75, 3.05) is 12.3 Å². The van der Waals surface area contributed by atoms with Crippen LogP contribution < -0.4 is 4.72 Å². The van der Waals surface area contributed by atoms with E-state index in [2.05, 4.69) is 9.71 Å². The van der Waals surface area contributed by atoms with E-state index < -0.39 is 10.0 Å². The van der Waals surface area contributed by atoms with Crippen molar-refractivity contribution in [1.29, 1.82) is 0 Å². The van der Waals surface area contributed by atoms with Crippen LogP contribution in [0.15, 0.2) is 47.6 Å². The molecule has 22 heavy (non-hydrogen) atoms. The largest absolute Gasteiger partial charge is 0.263 e. The first-order chi connectivity index (χ1) is 10.5. The maximum atomic E-state index is 12.0. The number of sulfonamides is 1. The fourth-order valence-corrected chi connectivity index (χ4v) is 4.40. The summed E-state index contributed by atoms with van der Waals surface area (Å²) in [5, 5.41) is 1.24. The van der Waals surface area contributed by atoms with Crippen molar-refractivity contribution >= 4 is 45.0 Å². The number of benzene rings is 1. The fourth-order valence-electron chi connectivity index (χ4n) is 1.68. The van der Waals surface area contributed by atoms with Gasteiger partial charge in [0.25, 0.3) is 0 Å². The van der Waals surface area contributed by atoms with Crippen LogP contribution >= 0.6 is 35.0 Å². The molecule has 1 heterocycles. The number of aromatic nitrogens is 1. The summed E-state index contributed by atoms with van der Waals surface area (Å²) < 4.78 is 26.5. The Kier molecular flexibility index (Phi) is 6.52. The zero-order valence-corrected chi connectivity index (χ0v) is 14.6. The van der Waals surface area contributed by atoms with Crippen molar-refractivity contribution in [2.24, 2.45) is 0 Å². The Balaban J connectivity index is 1.81. The second kappa shape index (κ2) is 8.17. The van der Waals surface area contributed by atoms with E-state index >= 15 is 0 Å². The molecule has 1 N–H and O–H groups in total. The third kappa shape index (κ3) is 4.86. The summed E-state index contributed by atoms with van der Waals surface area (Å²) in [6.45, 7) is 0.323. The maximum absolute atomic E-state index is 12.0. The Hall–Kier alpha value is -0.790. The Morgan fingerprint density at radius 3 is 2.50 bits per heavy atom. The minimum absolute atomic E-state index is 0.161. The number of rotatable bonds is 7. The highest BCUT2D eigenvalue weighted by molar-refractivity contribution is 7.98. The molecular weight excluding hydrogens is 363 g/mol. The van der Waals surface area contributed by atoms with Crippen LogP contribution in [-0.2, 0) is 15.8 Å². The Morgan fingerprint density at radius 2 is 1.86 bits per heavy atom. The maximum Gasteiger partial charge on any atom is 0.242 e. The zero-order chi connectivity index (χ0) is 16.0. The van der Waals surface area contributed by atoms with Gasteiger partial charge in [-0.2, -0.15) is 11.8 Å². The lowest BCUT2D eigenvalue weighted by atomic mass is 10.2. The standard InChI is InChI=1S/C14H14Cl2N2O2S2/c15-13-4-1-5-14(16)12(13)10-21-8-7-18-22(19,20)11-3-2-6-17-9-11/h1-6,9,18H,7-8,10H2. The molecule has 8 heteroatoms. The monoisotopic (exact) mass is 376 g/mol. The fraction of sp³-hybridized carbons (Fsp3) is 0.214. The summed E-state index contributed by atoms with van der Waals surface area (Å²) in [5.74, 6) is 1.24. The highest BCUT2D eigenvalue weighted by atomic mass is 35.5. The molecule has 0 saturated heterocycles. The molecule has 0 radical (unpaired) electrons. The highest BCUT2D eigenvalue weighted by Crippen LogP contribution is 2.27. The van der Waals surface area contributed by atoms with Crippen molar-refractivity contribution in [3.05, 3.63) is 58.3 Å². The summed E-state index contributed by atoms with van der Waals surface area (Å²) in [4.78, 5) is 3.96. The predicted molar refractivity (Wildman–Crippen MR) is 92.0 cm³/mol. The van der Waals surface area contributed by atoms with E-state index in [-0.39, 0.29) is 4.90 Å². The van der Waals surface area contributed by atoms with Gasteiger partial charge in [-0.05, 0) is 29.8 Å². The number of hydrogen-bond acceptors (Lipinski definition) is 4. The third-order valence-corrected chi connectivity index (χ3v) is 5.93. The molecule has 0 unspecified atom stereocenters. The molecule has 0 aliphatic rings. The van der Waals surface area contributed by atoms with Gasteiger partial charge in [-0.15, -0.1) is 0 Å². The molecule has 1 aromatic carbocycles. The molecule has 0 bridgehead atoms. The van der Waals surface area contributed by atoms with Crippen molar-refractivity contribution in [3.8, 4) is 0 Å². The molecular formula is C14H14Cl2N2O2S2. The minimum atomic E-state index is -3.50. The van der Waals surface area contributed by atoms with Crippen molar-refractivity contribution < 1.29 is 8.42 Å². The van der Waals surface area contributed by atoms with Gasteiger partial charge in [-0.1, -0.05) is 29.3 Å². The molecule has 1 aromatic heterocycles. The summed E-state index contributed by atoms with van der Waals surface area (Å²) >= 11 is 13.7. The Labute approximate surface area is 144 Å². The quantitative estimate of drug-likeness (QED) is 0.749. The van der Waals surface area contributed by atoms with E-state index in [4.69, 9.17) is 23.2 Å². The lowest BCUT2D eigenvalue weighted by Crippen LogP contribution is -2.26. The van der Waals surface area contributed by atoms with Gasteiger partial charge in [0.05, 0.1) is 0 Å². The Morgan fingerprint density at radius 1 is 1.14 bits per heavy atom. The van der Waals surface area contributed by atoms with Gasteiger partial charge >= 0.3 is 0 Å². The van der Waals surface area contributed by atoms with Gasteiger partial charge in [0.15, 0.2) is 0 Å². The summed E-state index contributed by atoms with van der Waals surface area (Å²) in [7, 11) is -3.50. The van der Waals surface area contributed by atoms with Crippen molar-refractivity contribution in [3.63, 3.8) is 0 Å². The number of nitrogens with zero attached hydrogens (tertiary/aromatic N) is 1. The van der Waals surface area contributed by atoms with Crippen LogP contribution in [0.3, 0.4) is 0 Å². The van der Waals surface area contributed by atoms with Crippen LogP contribution in [0.1, 0.15) is 5.56 Å². The topological polar surface area (TPSA) is 59.1 Å². The Bertz CT molecular complexity index is 705. The SMILES string of the molecule is O=S(=O)(NCCSCc1c(Cl)cccc1Cl)c1cccnc1. The summed E-state index contributed by atoms with van der Waals surface area (Å²) in [6.07, 6.45) is 2.85. The zero-order valence-electron chi connectivity index (χ0n) is 11.5. The second-order valence-corrected chi connectivity index (χ2v) is 8.03. The first-order valence-electron chi connectivity index (χ1n) is 6.41. The van der Waals surface area contributed by atoms with E-state index in [0.717, 1.165) is 5.56 Å². The minimum Gasteiger partial charge on any atom is -0.263 e. The van der Waals surface area contributed by atoms with Gasteiger partial charge in [-0.3, -0.25) is 4.98 Å². The van der Waals surface area contributed by atoms with Crippen LogP contribution in [0.5, 0.6) is 0 Å². The average Bonchev–Trinajstić information content (AvgIpc) is 2.50. The van der Waals surface area contributed by atoms with Crippen LogP contribution in [0.4, 0.5) is 0 Å². The molecule has 118 valence electrons. The number of nitrogens with one attached hydrogen (secondary N) is 1. The predicted octanol–water partition coefficient (Wildman–Crippen LogP) is 3.60. The van der Waals surface area contributed by atoms with E-state index in [1.54, 1.807) is 36.0 Å². The van der Waals surface area contributed by atoms with Crippen LogP contribution in [-0.4, -0.2) is 25.7 Å². The molecule has 0 spiro atoms. The first kappa shape index (κ1) is 17.6. The van der Waals surface area contributed by atoms with E-state index in [1.165, 1.54) is 18.5 Å². The number of pyridine rings is 1. The van der Waals surface area contributed by atoms with Crippen LogP contribution in [0.25, 0.3) is 0 Å². The van der Waals surface area contributed by atoms with E-state index in [9.17, 15) is 8.42 Å². The molecule has 2 rings (SSSR count). The molecule has 0 aliphatic carbocycles. The van der Waals surface area contributed by atoms with Gasteiger partial charge in [0, 0.05) is 40.5 Å². The van der Waals surface area contributed by atoms with E-state index in [0.29, 0.717) is 28.1 Å². The second-order valence-electron chi connectivity index (χ2n) is 4.34. The molecule has 4 nitrogen and oxygen atoms in total. The molecule has 0 atom stereocenters. The van der Waals surface area contributed by atoms with Gasteiger partial charge in [0.1, 0.15) is 4.90 Å². The van der Waals surface area contributed by atoms with Crippen LogP contribution in [0.2, 0.25) is 10.0 Å². The van der Waals surface area contributed by atoms with Crippen LogP contribution in [0, 0.1) is 0 Å². The van der Waals surface area contributed by atoms with E-state index in [1.807, 2.05) is 0 Å². The van der Waals surface area contributed by atoms with Crippen molar-refractivity contribution in [1.82, 2.24) is 9.71 Å². The smallest absolute Gasteiger partial charge is 0.242 e. The molecule has 0 saturated carbocycles. The third-order valence-electron chi connectivity index (χ3n) is 2.79. The average molecular weight is 377 g/mol. The summed E-state index contributed by atoms with van der Waals surface area (Å²) in [6, 6.07) is 8.46. The molecule has 2 aromatic rings. The number of hydrogen-bond donors (Lipinski definition) is 1. The highest BCUT2D eigenvalue weighted by Gasteiger charge is 2.13. The van der Waals surface area contributed by atoms with Gasteiger partial charge in [0.2, 0.25) is 10.0 Å². The molecule has 0 fully saturated rings. The number of halogens is 2. The summed E-state index contributed by atoms with van der Waals surface area (Å²) in [5.41, 5.74) is 0.867. The normalized spacial score (nSPS) is 11.5. The van der Waals surface area contributed by atoms with Gasteiger partial charge in [-0.25, -0.2) is 13.1 Å². The molecule has 0 aliphatic heterocycles. The lowest BCUT2D eigenvalue weighted by molar-refractivity contribution is 0.584. The van der Waals surface area contributed by atoms with Crippen molar-refractivity contribution in [2.45, 2.75) is 10.6 Å².